The van der Waals surface area contributed by atoms with Crippen molar-refractivity contribution in [2.24, 2.45) is 11.7 Å². The van der Waals surface area contributed by atoms with Crippen LogP contribution in [0.1, 0.15) is 71.1 Å². The summed E-state index contributed by atoms with van der Waals surface area (Å²) in [6.45, 7) is 11.9. The lowest BCUT2D eigenvalue weighted by Crippen LogP contribution is -2.56. The number of esters is 1. The van der Waals surface area contributed by atoms with Crippen molar-refractivity contribution in [2.75, 3.05) is 44.8 Å². The summed E-state index contributed by atoms with van der Waals surface area (Å²) in [6, 6.07) is 3.53. The Balaban J connectivity index is 1.81. The van der Waals surface area contributed by atoms with E-state index in [1.54, 1.807) is 49.7 Å². The Morgan fingerprint density at radius 1 is 0.880 bits per heavy atom. The number of nitrogens with zero attached hydrogens (tertiary/aromatic N) is 3. The van der Waals surface area contributed by atoms with E-state index in [9.17, 15) is 24.0 Å². The molecule has 2 aromatic rings. The summed E-state index contributed by atoms with van der Waals surface area (Å²) in [5.74, 6) is -1.36. The molecule has 0 aliphatic carbocycles. The highest BCUT2D eigenvalue weighted by Crippen LogP contribution is 2.13. The molecule has 1 heterocycles. The summed E-state index contributed by atoms with van der Waals surface area (Å²) >= 11 is 0. The monoisotopic (exact) mass is 703 g/mol. The number of nitrogens with one attached hydrogen (secondary N) is 5. The topological polar surface area (TPSA) is 230 Å². The van der Waals surface area contributed by atoms with Gasteiger partial charge < -0.3 is 46.5 Å². The van der Waals surface area contributed by atoms with E-state index in [0.29, 0.717) is 44.4 Å². The first-order valence-electron chi connectivity index (χ1n) is 16.9. The average Bonchev–Trinajstić information content (AvgIpc) is 3.56. The molecule has 0 fully saturated rings. The van der Waals surface area contributed by atoms with Crippen LogP contribution < -0.4 is 32.3 Å². The first-order valence-corrected chi connectivity index (χ1v) is 16.9. The Kier molecular flexibility index (Phi) is 18.9. The minimum atomic E-state index is -0.988. The number of benzene rings is 1. The van der Waals surface area contributed by atoms with Gasteiger partial charge in [-0.05, 0) is 42.4 Å². The quantitative estimate of drug-likeness (QED) is 0.0726. The third kappa shape index (κ3) is 16.6. The third-order valence-corrected chi connectivity index (χ3v) is 7.26. The molecule has 7 N–H and O–H groups in total. The van der Waals surface area contributed by atoms with Crippen LogP contribution in [0.3, 0.4) is 0 Å². The maximum atomic E-state index is 13.3. The van der Waals surface area contributed by atoms with E-state index in [0.717, 1.165) is 11.3 Å². The number of urea groups is 2. The molecule has 278 valence electrons. The lowest BCUT2D eigenvalue weighted by Gasteiger charge is -2.25. The molecule has 0 spiro atoms. The summed E-state index contributed by atoms with van der Waals surface area (Å²) in [6.07, 6.45) is 2.69. The second-order valence-electron chi connectivity index (χ2n) is 12.1. The number of carbonyl (C=O) groups excluding carboxylic acids is 5. The maximum Gasteiger partial charge on any atom is 0.315 e. The molecule has 2 atom stereocenters. The van der Waals surface area contributed by atoms with Gasteiger partial charge in [-0.1, -0.05) is 52.0 Å². The lowest BCUT2D eigenvalue weighted by molar-refractivity contribution is -0.144. The largest absolute Gasteiger partial charge is 0.461 e. The smallest absolute Gasteiger partial charge is 0.315 e. The first-order chi connectivity index (χ1) is 23.9. The molecule has 2 rings (SSSR count). The van der Waals surface area contributed by atoms with Gasteiger partial charge in [-0.3, -0.25) is 14.4 Å². The predicted molar refractivity (Wildman–Crippen MR) is 185 cm³/mol. The highest BCUT2D eigenvalue weighted by atomic mass is 16.5. The molecule has 0 bridgehead atoms. The van der Waals surface area contributed by atoms with Crippen molar-refractivity contribution in [2.45, 2.75) is 85.0 Å². The van der Waals surface area contributed by atoms with Crippen LogP contribution in [0.25, 0.3) is 0 Å². The van der Waals surface area contributed by atoms with Crippen LogP contribution in [0, 0.1) is 5.92 Å². The van der Waals surface area contributed by atoms with E-state index in [-0.39, 0.29) is 51.0 Å². The Hall–Kier alpha value is -4.77. The number of aromatic nitrogens is 3. The molecule has 17 heteroatoms. The summed E-state index contributed by atoms with van der Waals surface area (Å²) in [4.78, 5) is 61.7. The molecule has 0 saturated heterocycles. The molecule has 0 unspecified atom stereocenters. The molecular formula is C33H53N9O8. The molecule has 6 amide bonds. The van der Waals surface area contributed by atoms with Gasteiger partial charge in [0.1, 0.15) is 18.7 Å². The zero-order valence-electron chi connectivity index (χ0n) is 29.7. The van der Waals surface area contributed by atoms with Crippen molar-refractivity contribution in [3.8, 4) is 0 Å². The zero-order valence-corrected chi connectivity index (χ0v) is 29.7. The minimum Gasteiger partial charge on any atom is -0.461 e. The Morgan fingerprint density at radius 2 is 1.58 bits per heavy atom. The van der Waals surface area contributed by atoms with Crippen LogP contribution in [0.15, 0.2) is 30.5 Å². The standard InChI is InChI=1S/C33H53N9O8/c1-6-28(43)50-21-24-9-11-25(12-10-24)37-30(44)26(8-7-13-35-32(34)46)38-31(45)29(23(4)5)39-33(47)36-14-16-48-18-19-49-17-15-42-20-27(22(2)3)40-41-42/h9-12,20,22-23,26,29H,6-8,13-19,21H2,1-5H3,(H,37,44)(H,38,45)(H3,34,35,46)(H2,36,39,47)/t26-,29-/m0/s1. The fourth-order valence-corrected chi connectivity index (χ4v) is 4.36. The molecule has 0 aliphatic rings. The second kappa shape index (κ2) is 22.8. The van der Waals surface area contributed by atoms with Crippen molar-refractivity contribution < 1.29 is 38.2 Å². The molecule has 0 aliphatic heterocycles. The second-order valence-corrected chi connectivity index (χ2v) is 12.1. The summed E-state index contributed by atoms with van der Waals surface area (Å²) < 4.78 is 17.9. The van der Waals surface area contributed by atoms with Crippen LogP contribution in [-0.4, -0.2) is 96.4 Å². The van der Waals surface area contributed by atoms with Gasteiger partial charge in [0.15, 0.2) is 0 Å². The van der Waals surface area contributed by atoms with E-state index in [4.69, 9.17) is 19.9 Å². The van der Waals surface area contributed by atoms with Crippen molar-refractivity contribution in [1.29, 1.82) is 0 Å². The fourth-order valence-electron chi connectivity index (χ4n) is 4.36. The Labute approximate surface area is 293 Å². The van der Waals surface area contributed by atoms with Crippen LogP contribution in [0.4, 0.5) is 15.3 Å². The molecule has 50 heavy (non-hydrogen) atoms. The average molecular weight is 704 g/mol. The summed E-state index contributed by atoms with van der Waals surface area (Å²) in [5.41, 5.74) is 7.28. The van der Waals surface area contributed by atoms with Crippen LogP contribution >= 0.6 is 0 Å². The van der Waals surface area contributed by atoms with Gasteiger partial charge in [0, 0.05) is 31.4 Å². The molecule has 1 aromatic carbocycles. The SMILES string of the molecule is CCC(=O)OCc1ccc(NC(=O)[C@H](CCCNC(N)=O)NC(=O)[C@@H](NC(=O)NCCOCCOCCn2cc(C(C)C)nn2)C(C)C)cc1. The third-order valence-electron chi connectivity index (χ3n) is 7.26. The summed E-state index contributed by atoms with van der Waals surface area (Å²) in [7, 11) is 0. The molecule has 1 aromatic heterocycles. The molecule has 17 nitrogen and oxygen atoms in total. The number of hydrogen-bond acceptors (Lipinski definition) is 10. The summed E-state index contributed by atoms with van der Waals surface area (Å²) in [5, 5.41) is 21.5. The van der Waals surface area contributed by atoms with Crippen LogP contribution in [-0.2, 0) is 41.7 Å². The van der Waals surface area contributed by atoms with Gasteiger partial charge in [-0.15, -0.1) is 5.10 Å². The van der Waals surface area contributed by atoms with Crippen LogP contribution in [0.5, 0.6) is 0 Å². The Morgan fingerprint density at radius 3 is 2.20 bits per heavy atom. The highest BCUT2D eigenvalue weighted by Gasteiger charge is 2.29. The highest BCUT2D eigenvalue weighted by molar-refractivity contribution is 5.98. The van der Waals surface area contributed by atoms with Gasteiger partial charge in [0.25, 0.3) is 0 Å². The van der Waals surface area contributed by atoms with E-state index >= 15 is 0 Å². The van der Waals surface area contributed by atoms with E-state index in [2.05, 4.69) is 50.7 Å². The van der Waals surface area contributed by atoms with Crippen molar-refractivity contribution in [3.63, 3.8) is 0 Å². The van der Waals surface area contributed by atoms with Gasteiger partial charge in [0.2, 0.25) is 11.8 Å². The van der Waals surface area contributed by atoms with Crippen LogP contribution in [0.2, 0.25) is 0 Å². The number of nitrogens with two attached hydrogens (primary N) is 1. The molecular weight excluding hydrogens is 650 g/mol. The lowest BCUT2D eigenvalue weighted by atomic mass is 10.0. The van der Waals surface area contributed by atoms with Crippen molar-refractivity contribution in [1.82, 2.24) is 36.3 Å². The van der Waals surface area contributed by atoms with Gasteiger partial charge in [-0.2, -0.15) is 0 Å². The van der Waals surface area contributed by atoms with Crippen molar-refractivity contribution in [3.05, 3.63) is 41.7 Å². The van der Waals surface area contributed by atoms with Gasteiger partial charge in [-0.25, -0.2) is 14.3 Å². The normalized spacial score (nSPS) is 12.2. The Bertz CT molecular complexity index is 1350. The molecule has 0 radical (unpaired) electrons. The van der Waals surface area contributed by atoms with E-state index < -0.39 is 36.0 Å². The number of carbonyl (C=O) groups is 5. The zero-order chi connectivity index (χ0) is 36.9. The first kappa shape index (κ1) is 41.4. The van der Waals surface area contributed by atoms with E-state index in [1.807, 2.05) is 6.20 Å². The fraction of sp³-hybridized carbons (Fsp3) is 0.606. The number of hydrogen-bond donors (Lipinski definition) is 6. The number of primary amides is 1. The van der Waals surface area contributed by atoms with Crippen molar-refractivity contribution >= 4 is 35.5 Å². The maximum absolute atomic E-state index is 13.3. The van der Waals surface area contributed by atoms with Gasteiger partial charge >= 0.3 is 18.0 Å². The number of amides is 6. The molecule has 0 saturated carbocycles. The number of ether oxygens (including phenoxy) is 3. The predicted octanol–water partition coefficient (Wildman–Crippen LogP) is 1.78. The minimum absolute atomic E-state index is 0.108. The van der Waals surface area contributed by atoms with Gasteiger partial charge in [0.05, 0.1) is 38.7 Å². The number of anilines is 1. The number of rotatable bonds is 23. The van der Waals surface area contributed by atoms with E-state index in [1.165, 1.54) is 0 Å².